The van der Waals surface area contributed by atoms with Crippen LogP contribution in [0.2, 0.25) is 0 Å². The van der Waals surface area contributed by atoms with Gasteiger partial charge in [-0.3, -0.25) is 4.79 Å². The highest BCUT2D eigenvalue weighted by Crippen LogP contribution is 2.34. The number of fused-ring (bicyclic) bond motifs is 2. The van der Waals surface area contributed by atoms with Crippen LogP contribution in [0.15, 0.2) is 109 Å². The highest BCUT2D eigenvalue weighted by Gasteiger charge is 2.24. The number of aromatic nitrogens is 1. The summed E-state index contributed by atoms with van der Waals surface area (Å²) in [5.74, 6) is 1.19. The molecule has 2 atom stereocenters. The molecule has 41 heavy (non-hydrogen) atoms. The molecule has 0 fully saturated rings. The molecular formula is C35H33FN2O3. The second-order valence-electron chi connectivity index (χ2n) is 10.6. The summed E-state index contributed by atoms with van der Waals surface area (Å²) in [5, 5.41) is 4.24. The topological polar surface area (TPSA) is 52.5 Å². The molecular weight excluding hydrogens is 515 g/mol. The number of hydrogen-bond donors (Lipinski definition) is 1. The lowest BCUT2D eigenvalue weighted by Gasteiger charge is -2.26. The normalized spacial score (nSPS) is 15.0. The SMILES string of the molecule is O=C(C[C@H](CCc1ccccc1)c1cn(Cc2ccc(F)cc2)c2ccccc12)NC[C@@H]1COc2ccccc2O1. The van der Waals surface area contributed by atoms with E-state index in [0.29, 0.717) is 31.9 Å². The highest BCUT2D eigenvalue weighted by atomic mass is 19.1. The predicted molar refractivity (Wildman–Crippen MR) is 159 cm³/mol. The maximum absolute atomic E-state index is 13.5. The van der Waals surface area contributed by atoms with E-state index in [-0.39, 0.29) is 23.7 Å². The van der Waals surface area contributed by atoms with E-state index < -0.39 is 0 Å². The molecule has 1 amide bonds. The van der Waals surface area contributed by atoms with Crippen molar-refractivity contribution in [3.05, 3.63) is 132 Å². The van der Waals surface area contributed by atoms with Crippen molar-refractivity contribution in [2.45, 2.75) is 37.8 Å². The van der Waals surface area contributed by atoms with Gasteiger partial charge in [-0.15, -0.1) is 0 Å². The van der Waals surface area contributed by atoms with Crippen molar-refractivity contribution in [1.82, 2.24) is 9.88 Å². The van der Waals surface area contributed by atoms with Crippen LogP contribution >= 0.6 is 0 Å². The standard InChI is InChI=1S/C35H33FN2O3/c36-28-18-15-26(16-19-28)22-38-23-31(30-10-4-5-11-32(30)38)27(17-14-25-8-2-1-3-9-25)20-35(39)37-21-29-24-40-33-12-6-7-13-34(33)41-29/h1-13,15-16,18-19,23,27,29H,14,17,20-22,24H2,(H,37,39)/t27-,29+/m0/s1. The largest absolute Gasteiger partial charge is 0.486 e. The first-order valence-corrected chi connectivity index (χ1v) is 14.1. The minimum Gasteiger partial charge on any atom is -0.486 e. The minimum atomic E-state index is -0.242. The molecule has 1 aliphatic heterocycles. The van der Waals surface area contributed by atoms with Gasteiger partial charge in [0.15, 0.2) is 11.5 Å². The van der Waals surface area contributed by atoms with Crippen LogP contribution in [-0.4, -0.2) is 29.7 Å². The Morgan fingerprint density at radius 1 is 0.878 bits per heavy atom. The third-order valence-corrected chi connectivity index (χ3v) is 7.68. The van der Waals surface area contributed by atoms with Crippen LogP contribution in [0.3, 0.4) is 0 Å². The molecule has 0 spiro atoms. The quantitative estimate of drug-likeness (QED) is 0.207. The lowest BCUT2D eigenvalue weighted by Crippen LogP contribution is -2.41. The van der Waals surface area contributed by atoms with E-state index in [0.717, 1.165) is 40.6 Å². The van der Waals surface area contributed by atoms with Crippen molar-refractivity contribution in [2.75, 3.05) is 13.2 Å². The predicted octanol–water partition coefficient (Wildman–Crippen LogP) is 6.89. The Bertz CT molecular complexity index is 1610. The fourth-order valence-electron chi connectivity index (χ4n) is 5.56. The van der Waals surface area contributed by atoms with Gasteiger partial charge in [0.1, 0.15) is 18.5 Å². The Morgan fingerprint density at radius 2 is 1.61 bits per heavy atom. The summed E-state index contributed by atoms with van der Waals surface area (Å²) in [6.45, 7) is 1.40. The summed E-state index contributed by atoms with van der Waals surface area (Å²) in [6, 6.07) is 32.9. The van der Waals surface area contributed by atoms with E-state index in [4.69, 9.17) is 9.47 Å². The number of benzene rings is 4. The van der Waals surface area contributed by atoms with E-state index in [2.05, 4.69) is 52.5 Å². The van der Waals surface area contributed by atoms with Gasteiger partial charge in [-0.25, -0.2) is 4.39 Å². The smallest absolute Gasteiger partial charge is 0.220 e. The van der Waals surface area contributed by atoms with Gasteiger partial charge < -0.3 is 19.4 Å². The molecule has 1 N–H and O–H groups in total. The molecule has 0 unspecified atom stereocenters. The molecule has 1 aromatic heterocycles. The first-order chi connectivity index (χ1) is 20.1. The third kappa shape index (κ3) is 6.43. The summed E-state index contributed by atoms with van der Waals surface area (Å²) in [4.78, 5) is 13.3. The van der Waals surface area contributed by atoms with Gasteiger partial charge >= 0.3 is 0 Å². The molecule has 0 bridgehead atoms. The van der Waals surface area contributed by atoms with Gasteiger partial charge in [-0.2, -0.15) is 0 Å². The lowest BCUT2D eigenvalue weighted by atomic mass is 9.89. The molecule has 0 saturated heterocycles. The van der Waals surface area contributed by atoms with Crippen molar-refractivity contribution < 1.29 is 18.7 Å². The fourth-order valence-corrected chi connectivity index (χ4v) is 5.56. The number of aryl methyl sites for hydroxylation is 1. The Labute approximate surface area is 239 Å². The van der Waals surface area contributed by atoms with E-state index in [1.54, 1.807) is 0 Å². The van der Waals surface area contributed by atoms with Crippen molar-refractivity contribution >= 4 is 16.8 Å². The molecule has 0 radical (unpaired) electrons. The number of para-hydroxylation sites is 3. The van der Waals surface area contributed by atoms with Gasteiger partial charge in [-0.05, 0) is 65.8 Å². The number of nitrogens with zero attached hydrogens (tertiary/aromatic N) is 1. The van der Waals surface area contributed by atoms with E-state index in [9.17, 15) is 9.18 Å². The van der Waals surface area contributed by atoms with Gasteiger partial charge in [0, 0.05) is 30.1 Å². The van der Waals surface area contributed by atoms with E-state index in [1.165, 1.54) is 17.7 Å². The lowest BCUT2D eigenvalue weighted by molar-refractivity contribution is -0.122. The molecule has 1 aliphatic rings. The molecule has 0 aliphatic carbocycles. The average Bonchev–Trinajstić information content (AvgIpc) is 3.38. The minimum absolute atomic E-state index is 0.0128. The molecule has 0 saturated carbocycles. The molecule has 4 aromatic carbocycles. The highest BCUT2D eigenvalue weighted by molar-refractivity contribution is 5.86. The zero-order valence-electron chi connectivity index (χ0n) is 22.8. The van der Waals surface area contributed by atoms with Crippen molar-refractivity contribution in [3.63, 3.8) is 0 Å². The molecule has 5 aromatic rings. The van der Waals surface area contributed by atoms with Crippen LogP contribution in [0.5, 0.6) is 11.5 Å². The number of hydrogen-bond acceptors (Lipinski definition) is 3. The maximum atomic E-state index is 13.5. The summed E-state index contributed by atoms with van der Waals surface area (Å²) < 4.78 is 27.6. The molecule has 6 heteroatoms. The van der Waals surface area contributed by atoms with E-state index >= 15 is 0 Å². The number of ether oxygens (including phenoxy) is 2. The van der Waals surface area contributed by atoms with Crippen LogP contribution < -0.4 is 14.8 Å². The fraction of sp³-hybridized carbons (Fsp3) is 0.229. The van der Waals surface area contributed by atoms with Gasteiger partial charge in [0.25, 0.3) is 0 Å². The number of carbonyl (C=O) groups is 1. The van der Waals surface area contributed by atoms with Crippen molar-refractivity contribution in [2.24, 2.45) is 0 Å². The van der Waals surface area contributed by atoms with Gasteiger partial charge in [-0.1, -0.05) is 72.8 Å². The first kappa shape index (κ1) is 26.6. The summed E-state index contributed by atoms with van der Waals surface area (Å²) >= 11 is 0. The van der Waals surface area contributed by atoms with Crippen LogP contribution in [0.4, 0.5) is 4.39 Å². The number of nitrogens with one attached hydrogen (secondary N) is 1. The number of halogens is 1. The zero-order chi connectivity index (χ0) is 28.0. The maximum Gasteiger partial charge on any atom is 0.220 e. The van der Waals surface area contributed by atoms with Crippen LogP contribution in [-0.2, 0) is 17.8 Å². The Hall–Kier alpha value is -4.58. The van der Waals surface area contributed by atoms with Crippen LogP contribution in [0.1, 0.15) is 35.4 Å². The first-order valence-electron chi connectivity index (χ1n) is 14.1. The second kappa shape index (κ2) is 12.3. The number of rotatable bonds is 10. The van der Waals surface area contributed by atoms with E-state index in [1.807, 2.05) is 54.6 Å². The molecule has 208 valence electrons. The average molecular weight is 549 g/mol. The van der Waals surface area contributed by atoms with Crippen molar-refractivity contribution in [3.8, 4) is 11.5 Å². The van der Waals surface area contributed by atoms with Gasteiger partial charge in [0.2, 0.25) is 5.91 Å². The van der Waals surface area contributed by atoms with Crippen LogP contribution in [0, 0.1) is 5.82 Å². The van der Waals surface area contributed by atoms with Crippen molar-refractivity contribution in [1.29, 1.82) is 0 Å². The monoisotopic (exact) mass is 548 g/mol. The Balaban J connectivity index is 1.21. The Morgan fingerprint density at radius 3 is 2.44 bits per heavy atom. The third-order valence-electron chi connectivity index (χ3n) is 7.68. The summed E-state index contributed by atoms with van der Waals surface area (Å²) in [6.07, 6.45) is 3.99. The van der Waals surface area contributed by atoms with Crippen LogP contribution in [0.25, 0.3) is 10.9 Å². The van der Waals surface area contributed by atoms with Gasteiger partial charge in [0.05, 0.1) is 6.54 Å². The molecule has 5 nitrogen and oxygen atoms in total. The number of amides is 1. The summed E-state index contributed by atoms with van der Waals surface area (Å²) in [7, 11) is 0. The Kier molecular flexibility index (Phi) is 7.99. The summed E-state index contributed by atoms with van der Waals surface area (Å²) in [5.41, 5.74) is 4.52. The zero-order valence-corrected chi connectivity index (χ0v) is 22.8. The number of carbonyl (C=O) groups excluding carboxylic acids is 1. The molecule has 6 rings (SSSR count). The molecule has 2 heterocycles. The second-order valence-corrected chi connectivity index (χ2v) is 10.6.